The van der Waals surface area contributed by atoms with Crippen LogP contribution in [0, 0.1) is 0 Å². The Hall–Kier alpha value is -3.17. The van der Waals surface area contributed by atoms with Gasteiger partial charge in [0.25, 0.3) is 0 Å². The summed E-state index contributed by atoms with van der Waals surface area (Å²) in [7, 11) is 3.25. The minimum atomic E-state index is 0.0192. The van der Waals surface area contributed by atoms with Crippen molar-refractivity contribution in [2.45, 2.75) is 25.4 Å². The minimum absolute atomic E-state index is 0.0192. The molecule has 2 aromatic heterocycles. The predicted octanol–water partition coefficient (Wildman–Crippen LogP) is 3.24. The number of phenols is 1. The van der Waals surface area contributed by atoms with Gasteiger partial charge in [-0.15, -0.1) is 0 Å². The van der Waals surface area contributed by atoms with E-state index in [-0.39, 0.29) is 11.8 Å². The fraction of sp³-hybridized carbons (Fsp3) is 0.409. The molecule has 31 heavy (non-hydrogen) atoms. The molecule has 1 aliphatic heterocycles. The van der Waals surface area contributed by atoms with Crippen molar-refractivity contribution in [3.05, 3.63) is 48.0 Å². The molecule has 2 N–H and O–H groups in total. The zero-order valence-electron chi connectivity index (χ0n) is 17.7. The van der Waals surface area contributed by atoms with Crippen LogP contribution in [0.4, 0.5) is 5.82 Å². The number of aromatic hydroxyl groups is 1. The summed E-state index contributed by atoms with van der Waals surface area (Å²) in [6, 6.07) is 9.19. The van der Waals surface area contributed by atoms with E-state index in [0.717, 1.165) is 36.3 Å². The van der Waals surface area contributed by atoms with Crippen LogP contribution in [0.3, 0.4) is 0 Å². The smallest absolute Gasteiger partial charge is 0.244 e. The standard InChI is InChI=1S/C22H27N5O4/c1-29-11-9-23-20-8-6-15(13-24-20)21-25-22(31-26-21)18-4-3-10-27(18)14-16-5-7-17(30-2)12-19(16)28/h5-8,12-13,18,28H,3-4,9-11,14H2,1-2H3,(H,23,24)/t18-/m1/s1. The van der Waals surface area contributed by atoms with Crippen molar-refractivity contribution in [1.29, 1.82) is 0 Å². The normalized spacial score (nSPS) is 16.5. The number of aromatic nitrogens is 3. The Labute approximate surface area is 181 Å². The lowest BCUT2D eigenvalue weighted by Gasteiger charge is -2.22. The number of nitrogens with one attached hydrogen (secondary N) is 1. The number of ether oxygens (including phenoxy) is 2. The lowest BCUT2D eigenvalue weighted by molar-refractivity contribution is 0.199. The topological polar surface area (TPSA) is 106 Å². The second-order valence-corrected chi connectivity index (χ2v) is 7.43. The second-order valence-electron chi connectivity index (χ2n) is 7.43. The van der Waals surface area contributed by atoms with Gasteiger partial charge in [0.15, 0.2) is 0 Å². The lowest BCUT2D eigenvalue weighted by atomic mass is 10.1. The van der Waals surface area contributed by atoms with Crippen molar-refractivity contribution < 1.29 is 19.1 Å². The highest BCUT2D eigenvalue weighted by molar-refractivity contribution is 5.55. The van der Waals surface area contributed by atoms with Gasteiger partial charge in [-0.25, -0.2) is 4.98 Å². The molecule has 0 radical (unpaired) electrons. The van der Waals surface area contributed by atoms with Crippen molar-refractivity contribution in [3.8, 4) is 22.9 Å². The van der Waals surface area contributed by atoms with Gasteiger partial charge in [-0.3, -0.25) is 4.90 Å². The molecule has 9 heteroatoms. The van der Waals surface area contributed by atoms with Gasteiger partial charge in [0, 0.05) is 43.6 Å². The van der Waals surface area contributed by atoms with Gasteiger partial charge in [0.1, 0.15) is 17.3 Å². The molecule has 3 heterocycles. The number of likely N-dealkylation sites (tertiary alicyclic amines) is 1. The number of benzene rings is 1. The van der Waals surface area contributed by atoms with Crippen LogP contribution in [0.25, 0.3) is 11.4 Å². The fourth-order valence-corrected chi connectivity index (χ4v) is 3.72. The first-order valence-corrected chi connectivity index (χ1v) is 10.3. The summed E-state index contributed by atoms with van der Waals surface area (Å²) >= 11 is 0. The molecule has 1 aromatic carbocycles. The van der Waals surface area contributed by atoms with Crippen LogP contribution in [-0.4, -0.2) is 59.0 Å². The summed E-state index contributed by atoms with van der Waals surface area (Å²) in [5.74, 6) is 2.73. The van der Waals surface area contributed by atoms with Crippen LogP contribution >= 0.6 is 0 Å². The van der Waals surface area contributed by atoms with Gasteiger partial charge in [-0.1, -0.05) is 11.2 Å². The van der Waals surface area contributed by atoms with Crippen LogP contribution < -0.4 is 10.1 Å². The summed E-state index contributed by atoms with van der Waals surface area (Å²) in [6.45, 7) is 2.80. The largest absolute Gasteiger partial charge is 0.507 e. The first kappa shape index (κ1) is 21.1. The van der Waals surface area contributed by atoms with Crippen molar-refractivity contribution in [3.63, 3.8) is 0 Å². The van der Waals surface area contributed by atoms with Crippen molar-refractivity contribution in [2.75, 3.05) is 39.2 Å². The van der Waals surface area contributed by atoms with Crippen LogP contribution in [0.1, 0.15) is 30.3 Å². The maximum absolute atomic E-state index is 10.3. The van der Waals surface area contributed by atoms with Gasteiger partial charge >= 0.3 is 0 Å². The maximum Gasteiger partial charge on any atom is 0.244 e. The Morgan fingerprint density at radius 3 is 2.90 bits per heavy atom. The Kier molecular flexibility index (Phi) is 6.63. The molecule has 0 unspecified atom stereocenters. The first-order chi connectivity index (χ1) is 15.2. The molecular formula is C22H27N5O4. The molecule has 0 bridgehead atoms. The molecule has 1 atom stereocenters. The Morgan fingerprint density at radius 1 is 1.26 bits per heavy atom. The Balaban J connectivity index is 1.44. The molecular weight excluding hydrogens is 398 g/mol. The Morgan fingerprint density at radius 2 is 2.16 bits per heavy atom. The first-order valence-electron chi connectivity index (χ1n) is 10.3. The Bertz CT molecular complexity index is 992. The third-order valence-electron chi connectivity index (χ3n) is 5.39. The third-order valence-corrected chi connectivity index (χ3v) is 5.39. The molecule has 1 fully saturated rings. The molecule has 9 nitrogen and oxygen atoms in total. The molecule has 0 aliphatic carbocycles. The predicted molar refractivity (Wildman–Crippen MR) is 115 cm³/mol. The quantitative estimate of drug-likeness (QED) is 0.500. The summed E-state index contributed by atoms with van der Waals surface area (Å²) in [5.41, 5.74) is 1.64. The average Bonchev–Trinajstić information content (AvgIpc) is 3.45. The average molecular weight is 425 g/mol. The maximum atomic E-state index is 10.3. The van der Waals surface area contributed by atoms with E-state index in [1.807, 2.05) is 24.3 Å². The molecule has 3 aromatic rings. The fourth-order valence-electron chi connectivity index (χ4n) is 3.72. The second kappa shape index (κ2) is 9.76. The van der Waals surface area contributed by atoms with E-state index in [9.17, 15) is 5.11 Å². The van der Waals surface area contributed by atoms with E-state index in [1.54, 1.807) is 26.5 Å². The van der Waals surface area contributed by atoms with Gasteiger partial charge in [0.05, 0.1) is 19.8 Å². The molecule has 1 aliphatic rings. The highest BCUT2D eigenvalue weighted by Gasteiger charge is 2.31. The van der Waals surface area contributed by atoms with E-state index in [2.05, 4.69) is 25.3 Å². The van der Waals surface area contributed by atoms with Crippen molar-refractivity contribution >= 4 is 5.82 Å². The molecule has 1 saturated heterocycles. The highest BCUT2D eigenvalue weighted by atomic mass is 16.5. The summed E-state index contributed by atoms with van der Waals surface area (Å²) in [4.78, 5) is 11.3. The SMILES string of the molecule is COCCNc1ccc(-c2noc([C@H]3CCCN3Cc3ccc(OC)cc3O)n2)cn1. The zero-order valence-corrected chi connectivity index (χ0v) is 17.7. The number of rotatable bonds is 9. The molecule has 4 rings (SSSR count). The van der Waals surface area contributed by atoms with Crippen LogP contribution in [0.15, 0.2) is 41.1 Å². The van der Waals surface area contributed by atoms with Gasteiger partial charge in [-0.2, -0.15) is 4.98 Å². The minimum Gasteiger partial charge on any atom is -0.507 e. The molecule has 0 spiro atoms. The number of pyridine rings is 1. The number of phenolic OH excluding ortho intramolecular Hbond substituents is 1. The van der Waals surface area contributed by atoms with Gasteiger partial charge in [-0.05, 0) is 37.6 Å². The van der Waals surface area contributed by atoms with Gasteiger partial charge in [0.2, 0.25) is 11.7 Å². The van der Waals surface area contributed by atoms with Crippen LogP contribution in [0.2, 0.25) is 0 Å². The monoisotopic (exact) mass is 425 g/mol. The van der Waals surface area contributed by atoms with Crippen LogP contribution in [-0.2, 0) is 11.3 Å². The zero-order chi connectivity index (χ0) is 21.6. The van der Waals surface area contributed by atoms with Crippen molar-refractivity contribution in [1.82, 2.24) is 20.0 Å². The van der Waals surface area contributed by atoms with Gasteiger partial charge < -0.3 is 24.4 Å². The van der Waals surface area contributed by atoms with E-state index in [4.69, 9.17) is 14.0 Å². The number of anilines is 1. The van der Waals surface area contributed by atoms with E-state index >= 15 is 0 Å². The third kappa shape index (κ3) is 4.95. The number of nitrogens with zero attached hydrogens (tertiary/aromatic N) is 4. The number of hydrogen-bond acceptors (Lipinski definition) is 9. The number of methoxy groups -OCH3 is 2. The molecule has 0 amide bonds. The molecule has 164 valence electrons. The molecule has 0 saturated carbocycles. The summed E-state index contributed by atoms with van der Waals surface area (Å²) < 4.78 is 15.8. The lowest BCUT2D eigenvalue weighted by Crippen LogP contribution is -2.23. The van der Waals surface area contributed by atoms with Crippen LogP contribution in [0.5, 0.6) is 11.5 Å². The summed E-state index contributed by atoms with van der Waals surface area (Å²) in [6.07, 6.45) is 3.69. The van der Waals surface area contributed by atoms with E-state index in [1.165, 1.54) is 0 Å². The highest BCUT2D eigenvalue weighted by Crippen LogP contribution is 2.35. The number of hydrogen-bond donors (Lipinski definition) is 2. The van der Waals surface area contributed by atoms with Crippen molar-refractivity contribution in [2.24, 2.45) is 0 Å². The summed E-state index contributed by atoms with van der Waals surface area (Å²) in [5, 5.41) is 17.6. The van der Waals surface area contributed by atoms with E-state index in [0.29, 0.717) is 37.2 Å². The van der Waals surface area contributed by atoms with E-state index < -0.39 is 0 Å².